The van der Waals surface area contributed by atoms with Gasteiger partial charge in [0.1, 0.15) is 5.75 Å². The van der Waals surface area contributed by atoms with Gasteiger partial charge in [0.15, 0.2) is 0 Å². The number of benzene rings is 1. The van der Waals surface area contributed by atoms with Crippen LogP contribution in [0.1, 0.15) is 34.6 Å². The SMILES string of the molecule is CC(C)Oc1ccc(C(=O)N2CC[NH+](CCNC(=O)c3ccncc3)CC2)cc1. The molecule has 7 nitrogen and oxygen atoms in total. The van der Waals surface area contributed by atoms with Gasteiger partial charge in [-0.25, -0.2) is 0 Å². The van der Waals surface area contributed by atoms with Gasteiger partial charge in [-0.3, -0.25) is 14.6 Å². The summed E-state index contributed by atoms with van der Waals surface area (Å²) < 4.78 is 5.63. The fourth-order valence-electron chi connectivity index (χ4n) is 3.37. The molecule has 1 aliphatic rings. The Labute approximate surface area is 171 Å². The van der Waals surface area contributed by atoms with E-state index in [0.717, 1.165) is 38.5 Å². The largest absolute Gasteiger partial charge is 0.491 e. The zero-order valence-corrected chi connectivity index (χ0v) is 17.1. The highest BCUT2D eigenvalue weighted by Gasteiger charge is 2.24. The molecular weight excluding hydrogens is 368 g/mol. The molecule has 7 heteroatoms. The average Bonchev–Trinajstić information content (AvgIpc) is 2.74. The Morgan fingerprint density at radius 3 is 2.34 bits per heavy atom. The van der Waals surface area contributed by atoms with Crippen LogP contribution in [0.5, 0.6) is 5.75 Å². The summed E-state index contributed by atoms with van der Waals surface area (Å²) in [6.45, 7) is 8.61. The molecule has 3 rings (SSSR count). The van der Waals surface area contributed by atoms with E-state index < -0.39 is 0 Å². The summed E-state index contributed by atoms with van der Waals surface area (Å²) in [7, 11) is 0. The summed E-state index contributed by atoms with van der Waals surface area (Å²) in [4.78, 5) is 32.0. The summed E-state index contributed by atoms with van der Waals surface area (Å²) in [5.74, 6) is 0.760. The van der Waals surface area contributed by atoms with Crippen LogP contribution < -0.4 is 15.0 Å². The predicted octanol–water partition coefficient (Wildman–Crippen LogP) is 0.640. The van der Waals surface area contributed by atoms with Crippen molar-refractivity contribution in [1.29, 1.82) is 0 Å². The van der Waals surface area contributed by atoms with Gasteiger partial charge in [-0.1, -0.05) is 0 Å². The fraction of sp³-hybridized carbons (Fsp3) is 0.409. The molecule has 2 aromatic rings. The van der Waals surface area contributed by atoms with E-state index in [9.17, 15) is 9.59 Å². The smallest absolute Gasteiger partial charge is 0.254 e. The molecule has 1 aliphatic heterocycles. The van der Waals surface area contributed by atoms with E-state index in [4.69, 9.17) is 4.74 Å². The van der Waals surface area contributed by atoms with Gasteiger partial charge >= 0.3 is 0 Å². The molecule has 1 aromatic heterocycles. The minimum absolute atomic E-state index is 0.0612. The number of aromatic nitrogens is 1. The van der Waals surface area contributed by atoms with Crippen LogP contribution in [0, 0.1) is 0 Å². The average molecular weight is 397 g/mol. The molecule has 0 unspecified atom stereocenters. The molecule has 2 amide bonds. The monoisotopic (exact) mass is 397 g/mol. The minimum Gasteiger partial charge on any atom is -0.491 e. The number of pyridine rings is 1. The normalized spacial score (nSPS) is 14.7. The lowest BCUT2D eigenvalue weighted by Gasteiger charge is -2.32. The number of nitrogens with one attached hydrogen (secondary N) is 2. The molecule has 2 N–H and O–H groups in total. The van der Waals surface area contributed by atoms with Gasteiger partial charge in [0.2, 0.25) is 0 Å². The van der Waals surface area contributed by atoms with Gasteiger partial charge < -0.3 is 19.9 Å². The van der Waals surface area contributed by atoms with Crippen molar-refractivity contribution in [2.75, 3.05) is 39.3 Å². The molecular formula is C22H29N4O3+. The molecule has 0 atom stereocenters. The van der Waals surface area contributed by atoms with E-state index >= 15 is 0 Å². The number of piperazine rings is 1. The van der Waals surface area contributed by atoms with Crippen LogP contribution in [-0.4, -0.2) is 67.1 Å². The van der Waals surface area contributed by atoms with Crippen molar-refractivity contribution >= 4 is 11.8 Å². The summed E-state index contributed by atoms with van der Waals surface area (Å²) in [5, 5.41) is 2.94. The Hall–Kier alpha value is -2.93. The number of amides is 2. The molecule has 154 valence electrons. The third-order valence-corrected chi connectivity index (χ3v) is 4.94. The van der Waals surface area contributed by atoms with E-state index in [1.54, 1.807) is 24.5 Å². The number of ether oxygens (including phenoxy) is 1. The third kappa shape index (κ3) is 6.02. The van der Waals surface area contributed by atoms with Crippen LogP contribution in [0.2, 0.25) is 0 Å². The number of rotatable bonds is 7. The maximum atomic E-state index is 12.7. The zero-order valence-electron chi connectivity index (χ0n) is 17.1. The minimum atomic E-state index is -0.0782. The van der Waals surface area contributed by atoms with Crippen molar-refractivity contribution in [3.05, 3.63) is 59.9 Å². The third-order valence-electron chi connectivity index (χ3n) is 4.94. The molecule has 0 radical (unpaired) electrons. The van der Waals surface area contributed by atoms with E-state index in [1.807, 2.05) is 43.0 Å². The summed E-state index contributed by atoms with van der Waals surface area (Å²) >= 11 is 0. The standard InChI is InChI=1S/C22H28N4O3/c1-17(2)29-20-5-3-19(4-6-20)22(28)26-15-13-25(14-16-26)12-11-24-21(27)18-7-9-23-10-8-18/h3-10,17H,11-16H2,1-2H3,(H,24,27)/p+1. The van der Waals surface area contributed by atoms with Crippen LogP contribution in [-0.2, 0) is 0 Å². The second-order valence-corrected chi connectivity index (χ2v) is 7.47. The first-order chi connectivity index (χ1) is 14.0. The Morgan fingerprint density at radius 2 is 1.72 bits per heavy atom. The highest BCUT2D eigenvalue weighted by atomic mass is 16.5. The second kappa shape index (κ2) is 10.0. The molecule has 1 fully saturated rings. The first-order valence-corrected chi connectivity index (χ1v) is 10.1. The Bertz CT molecular complexity index is 801. The van der Waals surface area contributed by atoms with E-state index in [-0.39, 0.29) is 17.9 Å². The second-order valence-electron chi connectivity index (χ2n) is 7.47. The fourth-order valence-corrected chi connectivity index (χ4v) is 3.37. The van der Waals surface area contributed by atoms with Crippen molar-refractivity contribution in [3.63, 3.8) is 0 Å². The number of quaternary nitrogens is 1. The lowest BCUT2D eigenvalue weighted by atomic mass is 10.1. The van der Waals surface area contributed by atoms with Crippen LogP contribution >= 0.6 is 0 Å². The Kier molecular flexibility index (Phi) is 7.19. The number of carbonyl (C=O) groups is 2. The molecule has 0 spiro atoms. The van der Waals surface area contributed by atoms with Gasteiger partial charge in [-0.2, -0.15) is 0 Å². The predicted molar refractivity (Wildman–Crippen MR) is 110 cm³/mol. The lowest BCUT2D eigenvalue weighted by Crippen LogP contribution is -3.15. The van der Waals surface area contributed by atoms with Crippen LogP contribution in [0.4, 0.5) is 0 Å². The maximum absolute atomic E-state index is 12.7. The van der Waals surface area contributed by atoms with Gasteiger partial charge in [0, 0.05) is 23.5 Å². The first-order valence-electron chi connectivity index (χ1n) is 10.1. The van der Waals surface area contributed by atoms with Gasteiger partial charge in [-0.05, 0) is 50.2 Å². The van der Waals surface area contributed by atoms with Crippen molar-refractivity contribution in [3.8, 4) is 5.75 Å². The van der Waals surface area contributed by atoms with Crippen LogP contribution in [0.25, 0.3) is 0 Å². The summed E-state index contributed by atoms with van der Waals surface area (Å²) in [6.07, 6.45) is 3.34. The molecule has 0 bridgehead atoms. The van der Waals surface area contributed by atoms with Crippen molar-refractivity contribution < 1.29 is 19.2 Å². The molecule has 2 heterocycles. The highest BCUT2D eigenvalue weighted by Crippen LogP contribution is 2.15. The lowest BCUT2D eigenvalue weighted by molar-refractivity contribution is -0.902. The van der Waals surface area contributed by atoms with Crippen molar-refractivity contribution in [1.82, 2.24) is 15.2 Å². The Morgan fingerprint density at radius 1 is 1.07 bits per heavy atom. The Balaban J connectivity index is 1.40. The van der Waals surface area contributed by atoms with Crippen LogP contribution in [0.3, 0.4) is 0 Å². The quantitative estimate of drug-likeness (QED) is 0.719. The summed E-state index contributed by atoms with van der Waals surface area (Å²) in [5.41, 5.74) is 1.31. The molecule has 1 aromatic carbocycles. The van der Waals surface area contributed by atoms with Crippen molar-refractivity contribution in [2.24, 2.45) is 0 Å². The van der Waals surface area contributed by atoms with E-state index in [2.05, 4.69) is 10.3 Å². The number of hydrogen-bond donors (Lipinski definition) is 2. The zero-order chi connectivity index (χ0) is 20.6. The van der Waals surface area contributed by atoms with Crippen molar-refractivity contribution in [2.45, 2.75) is 20.0 Å². The molecule has 29 heavy (non-hydrogen) atoms. The number of carbonyl (C=O) groups excluding carboxylic acids is 2. The molecule has 0 saturated carbocycles. The van der Waals surface area contributed by atoms with Crippen LogP contribution in [0.15, 0.2) is 48.8 Å². The van der Waals surface area contributed by atoms with Gasteiger partial charge in [0.05, 0.1) is 45.4 Å². The first kappa shape index (κ1) is 20.8. The summed E-state index contributed by atoms with van der Waals surface area (Å²) in [6, 6.07) is 10.8. The maximum Gasteiger partial charge on any atom is 0.254 e. The molecule has 0 aliphatic carbocycles. The number of nitrogens with zero attached hydrogens (tertiary/aromatic N) is 2. The highest BCUT2D eigenvalue weighted by molar-refractivity contribution is 5.94. The van der Waals surface area contributed by atoms with Gasteiger partial charge in [-0.15, -0.1) is 0 Å². The number of hydrogen-bond acceptors (Lipinski definition) is 4. The van der Waals surface area contributed by atoms with E-state index in [0.29, 0.717) is 17.7 Å². The van der Waals surface area contributed by atoms with E-state index in [1.165, 1.54) is 4.90 Å². The van der Waals surface area contributed by atoms with Gasteiger partial charge in [0.25, 0.3) is 11.8 Å². The topological polar surface area (TPSA) is 76.0 Å². The molecule has 1 saturated heterocycles.